The van der Waals surface area contributed by atoms with Gasteiger partial charge in [-0.3, -0.25) is 10.1 Å². The van der Waals surface area contributed by atoms with Crippen LogP contribution in [0.25, 0.3) is 0 Å². The van der Waals surface area contributed by atoms with E-state index in [2.05, 4.69) is 4.72 Å². The second kappa shape index (κ2) is 6.31. The molecule has 1 unspecified atom stereocenters. The summed E-state index contributed by atoms with van der Waals surface area (Å²) in [6.07, 6.45) is 0.937. The summed E-state index contributed by atoms with van der Waals surface area (Å²) in [6.45, 7) is 1.80. The highest BCUT2D eigenvalue weighted by Crippen LogP contribution is 2.28. The van der Waals surface area contributed by atoms with Gasteiger partial charge >= 0.3 is 5.69 Å². The predicted molar refractivity (Wildman–Crippen MR) is 69.4 cm³/mol. The number of hydrogen-bond donors (Lipinski definition) is 2. The Morgan fingerprint density at radius 1 is 1.55 bits per heavy atom. The number of nitro benzene ring substituents is 1. The summed E-state index contributed by atoms with van der Waals surface area (Å²) in [5, 5.41) is 28.8. The lowest BCUT2D eigenvalue weighted by Gasteiger charge is -2.11. The summed E-state index contributed by atoms with van der Waals surface area (Å²) in [4.78, 5) is 9.40. The highest BCUT2D eigenvalue weighted by molar-refractivity contribution is 7.89. The van der Waals surface area contributed by atoms with Gasteiger partial charge in [0.05, 0.1) is 15.9 Å². The maximum atomic E-state index is 12.0. The Labute approximate surface area is 115 Å². The number of hydrogen-bond acceptors (Lipinski definition) is 6. The second-order valence-electron chi connectivity index (χ2n) is 4.00. The third kappa shape index (κ3) is 3.66. The van der Waals surface area contributed by atoms with Gasteiger partial charge in [-0.1, -0.05) is 13.3 Å². The average Bonchev–Trinajstić information content (AvgIpc) is 2.37. The molecule has 1 atom stereocenters. The fourth-order valence-electron chi connectivity index (χ4n) is 1.51. The molecule has 20 heavy (non-hydrogen) atoms. The van der Waals surface area contributed by atoms with E-state index >= 15 is 0 Å². The van der Waals surface area contributed by atoms with Crippen molar-refractivity contribution in [1.29, 1.82) is 5.26 Å². The number of nitrogens with zero attached hydrogens (tertiary/aromatic N) is 2. The number of nitrogens with one attached hydrogen (secondary N) is 1. The Balaban J connectivity index is 3.13. The molecular formula is C11H13N3O5S. The molecule has 0 heterocycles. The molecule has 1 aromatic carbocycles. The van der Waals surface area contributed by atoms with Gasteiger partial charge in [0, 0.05) is 6.07 Å². The van der Waals surface area contributed by atoms with E-state index in [0.29, 0.717) is 12.8 Å². The van der Waals surface area contributed by atoms with Gasteiger partial charge in [-0.2, -0.15) is 9.98 Å². The van der Waals surface area contributed by atoms with Crippen LogP contribution in [-0.4, -0.2) is 24.5 Å². The zero-order valence-electron chi connectivity index (χ0n) is 10.6. The van der Waals surface area contributed by atoms with Crippen molar-refractivity contribution in [2.75, 3.05) is 0 Å². The third-order valence-corrected chi connectivity index (χ3v) is 3.95. The summed E-state index contributed by atoms with van der Waals surface area (Å²) in [7, 11) is -4.05. The van der Waals surface area contributed by atoms with Gasteiger partial charge in [-0.15, -0.1) is 0 Å². The van der Waals surface area contributed by atoms with Crippen molar-refractivity contribution in [2.24, 2.45) is 0 Å². The summed E-state index contributed by atoms with van der Waals surface area (Å²) in [6, 6.07) is 3.60. The molecule has 0 saturated carbocycles. The maximum absolute atomic E-state index is 12.0. The van der Waals surface area contributed by atoms with Crippen LogP contribution >= 0.6 is 0 Å². The minimum Gasteiger partial charge on any atom is -0.502 e. The molecule has 8 nitrogen and oxygen atoms in total. The normalized spacial score (nSPS) is 12.6. The first-order valence-electron chi connectivity index (χ1n) is 5.71. The molecule has 2 N–H and O–H groups in total. The number of phenols is 1. The lowest BCUT2D eigenvalue weighted by Crippen LogP contribution is -2.33. The van der Waals surface area contributed by atoms with Gasteiger partial charge in [-0.25, -0.2) is 8.42 Å². The molecule has 0 amide bonds. The summed E-state index contributed by atoms with van der Waals surface area (Å²) >= 11 is 0. The van der Waals surface area contributed by atoms with Crippen LogP contribution in [0.4, 0.5) is 5.69 Å². The van der Waals surface area contributed by atoms with Crippen molar-refractivity contribution < 1.29 is 18.4 Å². The van der Waals surface area contributed by atoms with E-state index in [0.717, 1.165) is 18.2 Å². The number of rotatable bonds is 6. The number of aromatic hydroxyl groups is 1. The lowest BCUT2D eigenvalue weighted by atomic mass is 10.2. The topological polar surface area (TPSA) is 133 Å². The molecule has 0 aliphatic carbocycles. The minimum atomic E-state index is -4.05. The molecule has 0 fully saturated rings. The Morgan fingerprint density at radius 3 is 2.70 bits per heavy atom. The fourth-order valence-corrected chi connectivity index (χ4v) is 2.71. The average molecular weight is 299 g/mol. The quantitative estimate of drug-likeness (QED) is 0.600. The van der Waals surface area contributed by atoms with Crippen LogP contribution in [0.2, 0.25) is 0 Å². The second-order valence-corrected chi connectivity index (χ2v) is 5.71. The van der Waals surface area contributed by atoms with Crippen molar-refractivity contribution in [3.8, 4) is 11.8 Å². The van der Waals surface area contributed by atoms with E-state index < -0.39 is 32.4 Å². The van der Waals surface area contributed by atoms with Crippen LogP contribution < -0.4 is 4.72 Å². The van der Waals surface area contributed by atoms with Gasteiger partial charge in [0.2, 0.25) is 10.0 Å². The largest absolute Gasteiger partial charge is 0.502 e. The Morgan fingerprint density at radius 2 is 2.20 bits per heavy atom. The highest BCUT2D eigenvalue weighted by atomic mass is 32.2. The Kier molecular flexibility index (Phi) is 5.01. The van der Waals surface area contributed by atoms with Crippen LogP contribution in [0.3, 0.4) is 0 Å². The first kappa shape index (κ1) is 15.9. The molecule has 1 rings (SSSR count). The molecule has 0 spiro atoms. The number of benzene rings is 1. The number of sulfonamides is 1. The molecule has 1 aromatic rings. The van der Waals surface area contributed by atoms with E-state index in [-0.39, 0.29) is 4.90 Å². The van der Waals surface area contributed by atoms with Gasteiger partial charge in [-0.05, 0) is 18.6 Å². The van der Waals surface area contributed by atoms with Gasteiger partial charge in [0.1, 0.15) is 6.04 Å². The lowest BCUT2D eigenvalue weighted by molar-refractivity contribution is -0.386. The zero-order chi connectivity index (χ0) is 15.3. The van der Waals surface area contributed by atoms with E-state index in [1.807, 2.05) is 0 Å². The molecule has 0 aliphatic heterocycles. The summed E-state index contributed by atoms with van der Waals surface area (Å²) < 4.78 is 26.1. The van der Waals surface area contributed by atoms with Gasteiger partial charge in [0.15, 0.2) is 5.75 Å². The SMILES string of the molecule is CCCC(C#N)NS(=O)(=O)c1ccc(O)c([N+](=O)[O-])c1. The molecule has 0 aromatic heterocycles. The number of nitriles is 1. The van der Waals surface area contributed by atoms with Gasteiger partial charge in [0.25, 0.3) is 0 Å². The van der Waals surface area contributed by atoms with Crippen molar-refractivity contribution >= 4 is 15.7 Å². The molecular weight excluding hydrogens is 286 g/mol. The number of nitro groups is 1. The van der Waals surface area contributed by atoms with E-state index in [9.17, 15) is 23.6 Å². The number of phenolic OH excluding ortho intramolecular Hbond substituents is 1. The molecule has 9 heteroatoms. The van der Waals surface area contributed by atoms with Crippen LogP contribution in [0.5, 0.6) is 5.75 Å². The monoisotopic (exact) mass is 299 g/mol. The van der Waals surface area contributed by atoms with Crippen LogP contribution in [0.1, 0.15) is 19.8 Å². The maximum Gasteiger partial charge on any atom is 0.312 e. The van der Waals surface area contributed by atoms with Crippen molar-refractivity contribution in [2.45, 2.75) is 30.7 Å². The minimum absolute atomic E-state index is 0.329. The highest BCUT2D eigenvalue weighted by Gasteiger charge is 2.23. The predicted octanol–water partition coefficient (Wildman–Crippen LogP) is 1.27. The molecule has 0 saturated heterocycles. The first-order valence-corrected chi connectivity index (χ1v) is 7.19. The van der Waals surface area contributed by atoms with E-state index in [4.69, 9.17) is 5.26 Å². The summed E-state index contributed by atoms with van der Waals surface area (Å²) in [5.41, 5.74) is -0.711. The molecule has 108 valence electrons. The smallest absolute Gasteiger partial charge is 0.312 e. The fraction of sp³-hybridized carbons (Fsp3) is 0.364. The Bertz CT molecular complexity index is 651. The van der Waals surface area contributed by atoms with Crippen LogP contribution in [0.15, 0.2) is 23.1 Å². The van der Waals surface area contributed by atoms with Gasteiger partial charge < -0.3 is 5.11 Å². The van der Waals surface area contributed by atoms with Crippen molar-refractivity contribution in [3.05, 3.63) is 28.3 Å². The molecule has 0 radical (unpaired) electrons. The van der Waals surface area contributed by atoms with E-state index in [1.54, 1.807) is 13.0 Å². The standard InChI is InChI=1S/C11H13N3O5S/c1-2-3-8(7-12)13-20(18,19)9-4-5-11(15)10(6-9)14(16)17/h4-6,8,13,15H,2-3H2,1H3. The van der Waals surface area contributed by atoms with Crippen molar-refractivity contribution in [3.63, 3.8) is 0 Å². The zero-order valence-corrected chi connectivity index (χ0v) is 11.4. The van der Waals surface area contributed by atoms with Crippen LogP contribution in [-0.2, 0) is 10.0 Å². The first-order chi connectivity index (χ1) is 9.31. The van der Waals surface area contributed by atoms with Crippen molar-refractivity contribution in [1.82, 2.24) is 4.72 Å². The summed E-state index contributed by atoms with van der Waals surface area (Å²) in [5.74, 6) is -0.626. The molecule has 0 aliphatic rings. The molecule has 0 bridgehead atoms. The Hall–Kier alpha value is -2.18. The van der Waals surface area contributed by atoms with E-state index in [1.165, 1.54) is 0 Å². The third-order valence-electron chi connectivity index (χ3n) is 2.48. The van der Waals surface area contributed by atoms with Crippen LogP contribution in [0, 0.1) is 21.4 Å².